The van der Waals surface area contributed by atoms with E-state index in [2.05, 4.69) is 20.4 Å². The number of amides is 2. The minimum absolute atomic E-state index is 0.00421. The molecule has 0 radical (unpaired) electrons. The first-order chi connectivity index (χ1) is 19.5. The average molecular weight is 588 g/mol. The molecule has 15 heteroatoms. The monoisotopic (exact) mass is 587 g/mol. The molecule has 1 aliphatic heterocycles. The summed E-state index contributed by atoms with van der Waals surface area (Å²) in [6.07, 6.45) is -0.359. The van der Waals surface area contributed by atoms with Crippen molar-refractivity contribution in [3.05, 3.63) is 71.0 Å². The topological polar surface area (TPSA) is 150 Å². The molecule has 0 saturated carbocycles. The third kappa shape index (κ3) is 5.60. The lowest BCUT2D eigenvalue weighted by Gasteiger charge is -2.17. The zero-order valence-electron chi connectivity index (χ0n) is 21.7. The summed E-state index contributed by atoms with van der Waals surface area (Å²) in [6, 6.07) is 7.37. The van der Waals surface area contributed by atoms with E-state index in [4.69, 9.17) is 23.1 Å². The number of benzene rings is 1. The summed E-state index contributed by atoms with van der Waals surface area (Å²) in [7, 11) is 1.41. The number of aromatic nitrogens is 5. The molecule has 4 aromatic rings. The lowest BCUT2D eigenvalue weighted by molar-refractivity contribution is -0.140. The Morgan fingerprint density at radius 2 is 1.95 bits per heavy atom. The Kier molecular flexibility index (Phi) is 7.44. The van der Waals surface area contributed by atoms with Crippen molar-refractivity contribution in [1.82, 2.24) is 29.2 Å². The molecule has 1 aliphatic rings. The molecule has 11 nitrogen and oxygen atoms in total. The number of alkyl halides is 3. The van der Waals surface area contributed by atoms with Crippen LogP contribution in [0.25, 0.3) is 17.1 Å². The number of nitrogens with one attached hydrogen (secondary N) is 1. The van der Waals surface area contributed by atoms with Crippen LogP contribution in [0.1, 0.15) is 33.1 Å². The molecule has 5 rings (SSSR count). The number of imidazole rings is 1. The van der Waals surface area contributed by atoms with Gasteiger partial charge >= 0.3 is 6.18 Å². The number of nitrogens with zero attached hydrogens (tertiary/aromatic N) is 6. The van der Waals surface area contributed by atoms with Crippen LogP contribution in [0.15, 0.2) is 48.9 Å². The molecular weight excluding hydrogens is 563 g/mol. The highest BCUT2D eigenvalue weighted by Crippen LogP contribution is 2.37. The molecule has 0 aliphatic carbocycles. The lowest BCUT2D eigenvalue weighted by Crippen LogP contribution is -2.30. The van der Waals surface area contributed by atoms with Gasteiger partial charge in [0.15, 0.2) is 17.3 Å². The van der Waals surface area contributed by atoms with Gasteiger partial charge in [-0.2, -0.15) is 18.3 Å². The van der Waals surface area contributed by atoms with Crippen LogP contribution in [0.5, 0.6) is 0 Å². The van der Waals surface area contributed by atoms with E-state index in [9.17, 15) is 22.8 Å². The zero-order valence-corrected chi connectivity index (χ0v) is 22.4. The molecule has 214 valence electrons. The fourth-order valence-corrected chi connectivity index (χ4v) is 4.89. The standard InChI is InChI=1S/C26H25ClF3N9O2/c1-37-20(18-13-39(36-22(18)26(28,29)30)21-5-2-15(32)10-33-21)11-34-23(37)24(40)35-16-3-4-17(19(27)8-16)25(41)38-7-6-14(9-31)12-38/h2-5,8,10-11,13-14H,6-7,9,12,31-32H2,1H3,(H,35,40)/t14-/m0/s1. The fraction of sp³-hybridized carbons (Fsp3) is 0.269. The average Bonchev–Trinajstić information content (AvgIpc) is 3.67. The summed E-state index contributed by atoms with van der Waals surface area (Å²) in [5.41, 5.74) is 10.8. The molecule has 5 N–H and O–H groups in total. The van der Waals surface area contributed by atoms with Gasteiger partial charge in [0, 0.05) is 32.0 Å². The number of anilines is 2. The van der Waals surface area contributed by atoms with E-state index in [1.54, 1.807) is 4.90 Å². The number of pyridine rings is 1. The Morgan fingerprint density at radius 3 is 2.59 bits per heavy atom. The highest BCUT2D eigenvalue weighted by molar-refractivity contribution is 6.34. The van der Waals surface area contributed by atoms with Gasteiger partial charge in [-0.15, -0.1) is 0 Å². The van der Waals surface area contributed by atoms with Gasteiger partial charge < -0.3 is 26.3 Å². The van der Waals surface area contributed by atoms with Crippen molar-refractivity contribution in [3.8, 4) is 17.1 Å². The van der Waals surface area contributed by atoms with Crippen molar-refractivity contribution in [2.45, 2.75) is 12.6 Å². The summed E-state index contributed by atoms with van der Waals surface area (Å²) in [5.74, 6) is -0.713. The van der Waals surface area contributed by atoms with Gasteiger partial charge in [-0.25, -0.2) is 14.6 Å². The lowest BCUT2D eigenvalue weighted by atomic mass is 10.1. The first-order valence-electron chi connectivity index (χ1n) is 12.5. The summed E-state index contributed by atoms with van der Waals surface area (Å²) in [5, 5.41) is 6.45. The number of carbonyl (C=O) groups excluding carboxylic acids is 2. The van der Waals surface area contributed by atoms with E-state index in [1.165, 1.54) is 48.1 Å². The van der Waals surface area contributed by atoms with Gasteiger partial charge in [0.25, 0.3) is 11.8 Å². The van der Waals surface area contributed by atoms with Crippen LogP contribution >= 0.6 is 11.6 Å². The van der Waals surface area contributed by atoms with Gasteiger partial charge in [0.1, 0.15) is 0 Å². The van der Waals surface area contributed by atoms with Crippen molar-refractivity contribution in [1.29, 1.82) is 0 Å². The second kappa shape index (κ2) is 10.9. The van der Waals surface area contributed by atoms with E-state index in [-0.39, 0.29) is 51.0 Å². The van der Waals surface area contributed by atoms with Crippen LogP contribution in [0.3, 0.4) is 0 Å². The molecular formula is C26H25ClF3N9O2. The van der Waals surface area contributed by atoms with Crippen molar-refractivity contribution in [3.63, 3.8) is 0 Å². The highest BCUT2D eigenvalue weighted by atomic mass is 35.5. The Morgan fingerprint density at radius 1 is 1.17 bits per heavy atom. The molecule has 0 spiro atoms. The number of halogens is 4. The second-order valence-electron chi connectivity index (χ2n) is 9.60. The molecule has 2 amide bonds. The summed E-state index contributed by atoms with van der Waals surface area (Å²) in [6.45, 7) is 1.64. The first kappa shape index (κ1) is 28.1. The van der Waals surface area contributed by atoms with Gasteiger partial charge in [0.05, 0.1) is 39.9 Å². The van der Waals surface area contributed by atoms with E-state index in [0.29, 0.717) is 25.3 Å². The Balaban J connectivity index is 1.38. The number of carbonyl (C=O) groups is 2. The molecule has 1 fully saturated rings. The van der Waals surface area contributed by atoms with Gasteiger partial charge in [0.2, 0.25) is 0 Å². The van der Waals surface area contributed by atoms with Gasteiger partial charge in [-0.3, -0.25) is 9.59 Å². The second-order valence-corrected chi connectivity index (χ2v) is 10.0. The van der Waals surface area contributed by atoms with Crippen molar-refractivity contribution in [2.75, 3.05) is 30.7 Å². The van der Waals surface area contributed by atoms with Crippen molar-refractivity contribution >= 4 is 34.8 Å². The van der Waals surface area contributed by atoms with Crippen LogP contribution < -0.4 is 16.8 Å². The minimum Gasteiger partial charge on any atom is -0.397 e. The van der Waals surface area contributed by atoms with E-state index < -0.39 is 17.8 Å². The van der Waals surface area contributed by atoms with Crippen LogP contribution in [0, 0.1) is 5.92 Å². The smallest absolute Gasteiger partial charge is 0.397 e. The molecule has 3 aromatic heterocycles. The molecule has 1 saturated heterocycles. The fourth-order valence-electron chi connectivity index (χ4n) is 4.63. The Bertz CT molecular complexity index is 1620. The first-order valence-corrected chi connectivity index (χ1v) is 12.8. The number of nitrogen functional groups attached to an aromatic ring is 1. The predicted octanol–water partition coefficient (Wildman–Crippen LogP) is 3.60. The maximum Gasteiger partial charge on any atom is 0.435 e. The Labute approximate surface area is 236 Å². The van der Waals surface area contributed by atoms with Crippen LogP contribution in [-0.4, -0.2) is 60.7 Å². The van der Waals surface area contributed by atoms with E-state index >= 15 is 0 Å². The quantitative estimate of drug-likeness (QED) is 0.312. The minimum atomic E-state index is -4.79. The maximum absolute atomic E-state index is 13.9. The Hall–Kier alpha value is -4.43. The van der Waals surface area contributed by atoms with Crippen molar-refractivity contribution < 1.29 is 22.8 Å². The molecule has 1 aromatic carbocycles. The van der Waals surface area contributed by atoms with Crippen LogP contribution in [0.4, 0.5) is 24.5 Å². The van der Waals surface area contributed by atoms with Gasteiger partial charge in [-0.1, -0.05) is 11.6 Å². The zero-order chi connectivity index (χ0) is 29.5. The highest BCUT2D eigenvalue weighted by Gasteiger charge is 2.39. The van der Waals surface area contributed by atoms with Crippen molar-refractivity contribution in [2.24, 2.45) is 18.7 Å². The van der Waals surface area contributed by atoms with Crippen LogP contribution in [0.2, 0.25) is 5.02 Å². The molecule has 4 heterocycles. The van der Waals surface area contributed by atoms with Gasteiger partial charge in [-0.05, 0) is 49.2 Å². The maximum atomic E-state index is 13.9. The third-order valence-electron chi connectivity index (χ3n) is 6.82. The summed E-state index contributed by atoms with van der Waals surface area (Å²) >= 11 is 6.37. The number of likely N-dealkylation sites (tertiary alicyclic amines) is 1. The largest absolute Gasteiger partial charge is 0.435 e. The molecule has 41 heavy (non-hydrogen) atoms. The molecule has 1 atom stereocenters. The molecule has 0 unspecified atom stereocenters. The van der Waals surface area contributed by atoms with E-state index in [1.807, 2.05) is 0 Å². The summed E-state index contributed by atoms with van der Waals surface area (Å²) < 4.78 is 43.9. The number of rotatable bonds is 6. The van der Waals surface area contributed by atoms with E-state index in [0.717, 1.165) is 23.5 Å². The number of hydrogen-bond donors (Lipinski definition) is 3. The predicted molar refractivity (Wildman–Crippen MR) is 145 cm³/mol. The van der Waals surface area contributed by atoms with Crippen LogP contribution in [-0.2, 0) is 13.2 Å². The number of nitrogens with two attached hydrogens (primary N) is 2. The summed E-state index contributed by atoms with van der Waals surface area (Å²) in [4.78, 5) is 35.7. The number of hydrogen-bond acceptors (Lipinski definition) is 7. The SMILES string of the molecule is Cn1c(-c2cn(-c3ccc(N)cn3)nc2C(F)(F)F)cnc1C(=O)Nc1ccc(C(=O)N2CC[C@@H](CN)C2)c(Cl)c1. The third-order valence-corrected chi connectivity index (χ3v) is 7.13. The normalized spacial score (nSPS) is 15.4. The molecule has 0 bridgehead atoms.